The van der Waals surface area contributed by atoms with Gasteiger partial charge < -0.3 is 10.1 Å². The molecule has 158 valence electrons. The third-order valence-electron chi connectivity index (χ3n) is 8.71. The first kappa shape index (κ1) is 19.5. The highest BCUT2D eigenvalue weighted by Crippen LogP contribution is 2.61. The van der Waals surface area contributed by atoms with E-state index in [-0.39, 0.29) is 18.6 Å². The number of carbonyl (C=O) groups is 1. The molecular formula is C26H37NO2. The minimum Gasteiger partial charge on any atom is -0.484 e. The van der Waals surface area contributed by atoms with Gasteiger partial charge in [0.1, 0.15) is 5.75 Å². The number of amides is 1. The Morgan fingerprint density at radius 2 is 1.59 bits per heavy atom. The summed E-state index contributed by atoms with van der Waals surface area (Å²) in [7, 11) is 0. The van der Waals surface area contributed by atoms with Gasteiger partial charge in [-0.05, 0) is 105 Å². The maximum absolute atomic E-state index is 12.6. The number of hydrogen-bond acceptors (Lipinski definition) is 2. The Bertz CT molecular complexity index is 683. The molecule has 5 aliphatic rings. The van der Waals surface area contributed by atoms with Gasteiger partial charge in [-0.1, -0.05) is 31.4 Å². The molecule has 1 atom stereocenters. The lowest BCUT2D eigenvalue weighted by atomic mass is 9.48. The summed E-state index contributed by atoms with van der Waals surface area (Å²) < 4.78 is 5.82. The quantitative estimate of drug-likeness (QED) is 0.658. The summed E-state index contributed by atoms with van der Waals surface area (Å²) in [5, 5.41) is 3.31. The lowest BCUT2D eigenvalue weighted by molar-refractivity contribution is -0.127. The normalized spacial score (nSPS) is 34.7. The smallest absolute Gasteiger partial charge is 0.258 e. The van der Waals surface area contributed by atoms with Crippen LogP contribution in [0, 0.1) is 23.2 Å². The fourth-order valence-electron chi connectivity index (χ4n) is 7.57. The van der Waals surface area contributed by atoms with Gasteiger partial charge in [-0.25, -0.2) is 0 Å². The Hall–Kier alpha value is -1.51. The molecule has 1 amide bonds. The molecule has 0 heterocycles. The number of ether oxygens (including phenoxy) is 1. The molecule has 1 N–H and O–H groups in total. The largest absolute Gasteiger partial charge is 0.484 e. The zero-order chi connectivity index (χ0) is 19.8. The molecule has 6 rings (SSSR count). The molecule has 3 nitrogen and oxygen atoms in total. The standard InChI is InChI=1S/C26H37NO2/c1-18(26-14-19-11-20(15-26)13-21(12-19)16-26)27-25(28)17-29-24-9-7-23(8-10-24)22-5-3-2-4-6-22/h7-10,18-22H,2-6,11-17H2,1H3,(H,27,28)/t18-,19?,20?,21?,26?/m1/s1. The molecule has 0 aliphatic heterocycles. The molecular weight excluding hydrogens is 358 g/mol. The average molecular weight is 396 g/mol. The van der Waals surface area contributed by atoms with Crippen molar-refractivity contribution in [2.45, 2.75) is 89.5 Å². The van der Waals surface area contributed by atoms with E-state index >= 15 is 0 Å². The fraction of sp³-hybridized carbons (Fsp3) is 0.731. The summed E-state index contributed by atoms with van der Waals surface area (Å²) in [5.41, 5.74) is 1.78. The topological polar surface area (TPSA) is 38.3 Å². The lowest BCUT2D eigenvalue weighted by Crippen LogP contribution is -2.56. The maximum atomic E-state index is 12.6. The zero-order valence-electron chi connectivity index (χ0n) is 18.0. The van der Waals surface area contributed by atoms with Crippen molar-refractivity contribution in [1.29, 1.82) is 0 Å². The second-order valence-corrected chi connectivity index (χ2v) is 10.8. The van der Waals surface area contributed by atoms with Gasteiger partial charge in [0.25, 0.3) is 5.91 Å². The highest BCUT2D eigenvalue weighted by molar-refractivity contribution is 5.77. The SMILES string of the molecule is C[C@@H](NC(=O)COc1ccc(C2CCCCC2)cc1)C12CC3CC(CC(C3)C1)C2. The minimum absolute atomic E-state index is 0.0320. The molecule has 29 heavy (non-hydrogen) atoms. The van der Waals surface area contributed by atoms with Crippen molar-refractivity contribution in [2.75, 3.05) is 6.61 Å². The summed E-state index contributed by atoms with van der Waals surface area (Å²) in [6.07, 6.45) is 15.0. The highest BCUT2D eigenvalue weighted by atomic mass is 16.5. The monoisotopic (exact) mass is 395 g/mol. The van der Waals surface area contributed by atoms with Crippen LogP contribution in [0.1, 0.15) is 89.0 Å². The van der Waals surface area contributed by atoms with Gasteiger partial charge in [0, 0.05) is 6.04 Å². The Balaban J connectivity index is 1.12. The van der Waals surface area contributed by atoms with Crippen LogP contribution in [0.4, 0.5) is 0 Å². The van der Waals surface area contributed by atoms with Gasteiger partial charge in [-0.3, -0.25) is 4.79 Å². The molecule has 0 saturated heterocycles. The van der Waals surface area contributed by atoms with Crippen molar-refractivity contribution >= 4 is 5.91 Å². The zero-order valence-corrected chi connectivity index (χ0v) is 18.0. The number of rotatable bonds is 6. The molecule has 0 spiro atoms. The third kappa shape index (κ3) is 4.07. The molecule has 0 aromatic heterocycles. The summed E-state index contributed by atoms with van der Waals surface area (Å²) in [5.74, 6) is 4.30. The molecule has 0 unspecified atom stereocenters. The molecule has 0 radical (unpaired) electrons. The Morgan fingerprint density at radius 1 is 1.00 bits per heavy atom. The second kappa shape index (κ2) is 7.96. The van der Waals surface area contributed by atoms with Gasteiger partial charge in [0.15, 0.2) is 6.61 Å². The van der Waals surface area contributed by atoms with Crippen molar-refractivity contribution < 1.29 is 9.53 Å². The first-order chi connectivity index (χ1) is 14.1. The van der Waals surface area contributed by atoms with E-state index in [0.29, 0.717) is 11.3 Å². The Morgan fingerprint density at radius 3 is 2.17 bits per heavy atom. The number of hydrogen-bond donors (Lipinski definition) is 1. The number of carbonyl (C=O) groups excluding carboxylic acids is 1. The number of benzene rings is 1. The van der Waals surface area contributed by atoms with Crippen LogP contribution < -0.4 is 10.1 Å². The third-order valence-corrected chi connectivity index (χ3v) is 8.71. The van der Waals surface area contributed by atoms with Gasteiger partial charge in [0.2, 0.25) is 0 Å². The van der Waals surface area contributed by atoms with E-state index in [4.69, 9.17) is 4.74 Å². The van der Waals surface area contributed by atoms with Crippen molar-refractivity contribution in [3.8, 4) is 5.75 Å². The maximum Gasteiger partial charge on any atom is 0.258 e. The summed E-state index contributed by atoms with van der Waals surface area (Å²) >= 11 is 0. The van der Waals surface area contributed by atoms with Crippen molar-refractivity contribution in [3.05, 3.63) is 29.8 Å². The Kier molecular flexibility index (Phi) is 5.34. The lowest BCUT2D eigenvalue weighted by Gasteiger charge is -2.59. The van der Waals surface area contributed by atoms with Gasteiger partial charge in [-0.15, -0.1) is 0 Å². The van der Waals surface area contributed by atoms with E-state index in [1.807, 2.05) is 12.1 Å². The van der Waals surface area contributed by atoms with Crippen LogP contribution in [0.2, 0.25) is 0 Å². The van der Waals surface area contributed by atoms with Crippen LogP contribution >= 0.6 is 0 Å². The first-order valence-corrected chi connectivity index (χ1v) is 12.1. The first-order valence-electron chi connectivity index (χ1n) is 12.1. The van der Waals surface area contributed by atoms with Crippen molar-refractivity contribution in [1.82, 2.24) is 5.32 Å². The predicted molar refractivity (Wildman–Crippen MR) is 116 cm³/mol. The summed E-state index contributed by atoms with van der Waals surface area (Å²) in [6.45, 7) is 2.36. The van der Waals surface area contributed by atoms with Crippen molar-refractivity contribution in [2.24, 2.45) is 23.2 Å². The van der Waals surface area contributed by atoms with Crippen molar-refractivity contribution in [3.63, 3.8) is 0 Å². The predicted octanol–water partition coefficient (Wildman–Crippen LogP) is 5.83. The van der Waals surface area contributed by atoms with Gasteiger partial charge >= 0.3 is 0 Å². The molecule has 1 aromatic carbocycles. The van der Waals surface area contributed by atoms with Crippen LogP contribution in [0.25, 0.3) is 0 Å². The molecule has 5 aliphatic carbocycles. The molecule has 5 saturated carbocycles. The molecule has 4 bridgehead atoms. The van der Waals surface area contributed by atoms with E-state index in [0.717, 1.165) is 23.5 Å². The van der Waals surface area contributed by atoms with E-state index in [1.165, 1.54) is 76.2 Å². The molecule has 3 heteroatoms. The van der Waals surface area contributed by atoms with E-state index < -0.39 is 0 Å². The van der Waals surface area contributed by atoms with E-state index in [2.05, 4.69) is 24.4 Å². The summed E-state index contributed by atoms with van der Waals surface area (Å²) in [6, 6.07) is 8.74. The van der Waals surface area contributed by atoms with Crippen LogP contribution in [0.15, 0.2) is 24.3 Å². The minimum atomic E-state index is 0.0320. The highest BCUT2D eigenvalue weighted by Gasteiger charge is 2.53. The average Bonchev–Trinajstić information content (AvgIpc) is 2.72. The van der Waals surface area contributed by atoms with Crippen LogP contribution in [-0.4, -0.2) is 18.6 Å². The van der Waals surface area contributed by atoms with Crippen LogP contribution in [-0.2, 0) is 4.79 Å². The van der Waals surface area contributed by atoms with Crippen LogP contribution in [0.5, 0.6) is 5.75 Å². The Labute approximate surface area is 176 Å². The fourth-order valence-corrected chi connectivity index (χ4v) is 7.57. The molecule has 5 fully saturated rings. The van der Waals surface area contributed by atoms with E-state index in [9.17, 15) is 4.79 Å². The number of nitrogens with one attached hydrogen (secondary N) is 1. The van der Waals surface area contributed by atoms with E-state index in [1.54, 1.807) is 0 Å². The second-order valence-electron chi connectivity index (χ2n) is 10.8. The van der Waals surface area contributed by atoms with Gasteiger partial charge in [-0.2, -0.15) is 0 Å². The summed E-state index contributed by atoms with van der Waals surface area (Å²) in [4.78, 5) is 12.6. The van der Waals surface area contributed by atoms with Crippen LogP contribution in [0.3, 0.4) is 0 Å². The molecule has 1 aromatic rings. The van der Waals surface area contributed by atoms with Gasteiger partial charge in [0.05, 0.1) is 0 Å².